The number of esters is 1. The van der Waals surface area contributed by atoms with E-state index in [4.69, 9.17) is 32.7 Å². The van der Waals surface area contributed by atoms with E-state index in [1.54, 1.807) is 24.3 Å². The third-order valence-electron chi connectivity index (χ3n) is 2.96. The van der Waals surface area contributed by atoms with Gasteiger partial charge >= 0.3 is 5.97 Å². The molecule has 7 heteroatoms. The predicted molar refractivity (Wildman–Crippen MR) is 91.8 cm³/mol. The number of ether oxygens (including phenoxy) is 2. The normalized spacial score (nSPS) is 10.3. The number of hydrogen-bond donors (Lipinski definition) is 0. The third-order valence-corrected chi connectivity index (χ3v) is 4.14. The Labute approximate surface area is 151 Å². The van der Waals surface area contributed by atoms with Crippen molar-refractivity contribution in [1.29, 1.82) is 0 Å². The molecule has 0 aliphatic carbocycles. The van der Waals surface area contributed by atoms with Gasteiger partial charge in [-0.25, -0.2) is 4.79 Å². The third kappa shape index (κ3) is 4.47. The van der Waals surface area contributed by atoms with Crippen molar-refractivity contribution in [3.05, 3.63) is 62.0 Å². The van der Waals surface area contributed by atoms with Gasteiger partial charge in [-0.2, -0.15) is 0 Å². The van der Waals surface area contributed by atoms with Crippen LogP contribution < -0.4 is 4.74 Å². The van der Waals surface area contributed by atoms with E-state index >= 15 is 0 Å². The predicted octanol–water partition coefficient (Wildman–Crippen LogP) is 4.80. The number of rotatable bonds is 5. The summed E-state index contributed by atoms with van der Waals surface area (Å²) in [6.45, 7) is -0.402. The molecular weight excluding hydrogens is 407 g/mol. The van der Waals surface area contributed by atoms with Gasteiger partial charge in [0, 0.05) is 10.6 Å². The Morgan fingerprint density at radius 3 is 2.52 bits per heavy atom. The standard InChI is InChI=1S/C16H11BrCl2O4/c1-22-15-5-2-9(6-12(15)17)14(20)8-23-16(21)11-7-10(18)3-4-13(11)19/h2-7H,8H2,1H3. The second kappa shape index (κ2) is 7.81. The molecule has 0 atom stereocenters. The van der Waals surface area contributed by atoms with Crippen molar-refractivity contribution in [2.75, 3.05) is 13.7 Å². The van der Waals surface area contributed by atoms with Crippen LogP contribution in [0.25, 0.3) is 0 Å². The molecule has 0 N–H and O–H groups in total. The monoisotopic (exact) mass is 416 g/mol. The average Bonchev–Trinajstić information content (AvgIpc) is 2.54. The molecule has 120 valence electrons. The molecule has 0 saturated heterocycles. The number of hydrogen-bond acceptors (Lipinski definition) is 4. The van der Waals surface area contributed by atoms with E-state index in [-0.39, 0.29) is 16.4 Å². The quantitative estimate of drug-likeness (QED) is 0.517. The van der Waals surface area contributed by atoms with Crippen LogP contribution in [0.2, 0.25) is 10.0 Å². The van der Waals surface area contributed by atoms with E-state index in [0.29, 0.717) is 20.8 Å². The number of carbonyl (C=O) groups excluding carboxylic acids is 2. The molecule has 2 aromatic rings. The van der Waals surface area contributed by atoms with E-state index < -0.39 is 12.6 Å². The minimum atomic E-state index is -0.710. The highest BCUT2D eigenvalue weighted by molar-refractivity contribution is 9.10. The Kier molecular flexibility index (Phi) is 6.04. The zero-order chi connectivity index (χ0) is 17.0. The highest BCUT2D eigenvalue weighted by atomic mass is 79.9. The van der Waals surface area contributed by atoms with Crippen molar-refractivity contribution in [2.24, 2.45) is 0 Å². The summed E-state index contributed by atoms with van der Waals surface area (Å²) in [6, 6.07) is 9.27. The van der Waals surface area contributed by atoms with Gasteiger partial charge in [-0.05, 0) is 52.3 Å². The van der Waals surface area contributed by atoms with Gasteiger partial charge in [0.15, 0.2) is 12.4 Å². The van der Waals surface area contributed by atoms with Gasteiger partial charge in [0.2, 0.25) is 0 Å². The summed E-state index contributed by atoms with van der Waals surface area (Å²) in [7, 11) is 1.53. The van der Waals surface area contributed by atoms with Gasteiger partial charge in [0.1, 0.15) is 5.75 Å². The Hall–Kier alpha value is -1.56. The van der Waals surface area contributed by atoms with Crippen LogP contribution in [0.3, 0.4) is 0 Å². The van der Waals surface area contributed by atoms with Gasteiger partial charge in [-0.15, -0.1) is 0 Å². The van der Waals surface area contributed by atoms with Crippen LogP contribution in [-0.2, 0) is 4.74 Å². The highest BCUT2D eigenvalue weighted by Gasteiger charge is 2.16. The number of Topliss-reactive ketones (excluding diaryl/α,β-unsaturated/α-hetero) is 1. The van der Waals surface area contributed by atoms with Gasteiger partial charge in [0.25, 0.3) is 0 Å². The van der Waals surface area contributed by atoms with Crippen molar-refractivity contribution in [3.8, 4) is 5.75 Å². The lowest BCUT2D eigenvalue weighted by Crippen LogP contribution is -2.14. The Morgan fingerprint density at radius 2 is 1.87 bits per heavy atom. The van der Waals surface area contributed by atoms with Crippen LogP contribution in [0, 0.1) is 0 Å². The number of benzene rings is 2. The summed E-state index contributed by atoms with van der Waals surface area (Å²) in [4.78, 5) is 24.1. The molecule has 0 aliphatic rings. The molecule has 23 heavy (non-hydrogen) atoms. The molecule has 2 rings (SSSR count). The number of methoxy groups -OCH3 is 1. The SMILES string of the molecule is COc1ccc(C(=O)COC(=O)c2cc(Cl)ccc2Cl)cc1Br. The maximum Gasteiger partial charge on any atom is 0.340 e. The van der Waals surface area contributed by atoms with E-state index in [1.165, 1.54) is 19.2 Å². The molecule has 0 fully saturated rings. The molecule has 4 nitrogen and oxygen atoms in total. The average molecular weight is 418 g/mol. The van der Waals surface area contributed by atoms with Gasteiger partial charge < -0.3 is 9.47 Å². The molecule has 0 amide bonds. The largest absolute Gasteiger partial charge is 0.496 e. The minimum Gasteiger partial charge on any atom is -0.496 e. The first-order valence-corrected chi connectivity index (χ1v) is 7.96. The van der Waals surface area contributed by atoms with Crippen LogP contribution in [0.5, 0.6) is 5.75 Å². The van der Waals surface area contributed by atoms with Crippen molar-refractivity contribution < 1.29 is 19.1 Å². The van der Waals surface area contributed by atoms with Gasteiger partial charge in [-0.1, -0.05) is 23.2 Å². The summed E-state index contributed by atoms with van der Waals surface area (Å²) in [6.07, 6.45) is 0. The fourth-order valence-corrected chi connectivity index (χ4v) is 2.69. The van der Waals surface area contributed by atoms with Crippen molar-refractivity contribution >= 4 is 50.9 Å². The van der Waals surface area contributed by atoms with Crippen molar-refractivity contribution in [1.82, 2.24) is 0 Å². The fraction of sp³-hybridized carbons (Fsp3) is 0.125. The summed E-state index contributed by atoms with van der Waals surface area (Å²) in [5.74, 6) is -0.456. The summed E-state index contributed by atoms with van der Waals surface area (Å²) < 4.78 is 10.7. The second-order valence-corrected chi connectivity index (χ2v) is 6.17. The minimum absolute atomic E-state index is 0.114. The Morgan fingerprint density at radius 1 is 1.13 bits per heavy atom. The zero-order valence-electron chi connectivity index (χ0n) is 11.9. The van der Waals surface area contributed by atoms with Crippen LogP contribution in [-0.4, -0.2) is 25.5 Å². The number of halogens is 3. The molecule has 0 radical (unpaired) electrons. The van der Waals surface area contributed by atoms with Crippen LogP contribution in [0.15, 0.2) is 40.9 Å². The van der Waals surface area contributed by atoms with E-state index in [1.807, 2.05) is 0 Å². The Bertz CT molecular complexity index is 762. The maximum absolute atomic E-state index is 12.1. The first kappa shape index (κ1) is 17.8. The molecule has 0 saturated carbocycles. The topological polar surface area (TPSA) is 52.6 Å². The van der Waals surface area contributed by atoms with Crippen molar-refractivity contribution in [2.45, 2.75) is 0 Å². The van der Waals surface area contributed by atoms with Gasteiger partial charge in [0.05, 0.1) is 22.2 Å². The van der Waals surface area contributed by atoms with Crippen LogP contribution in [0.1, 0.15) is 20.7 Å². The molecule has 0 spiro atoms. The first-order chi connectivity index (χ1) is 10.9. The molecule has 0 heterocycles. The van der Waals surface area contributed by atoms with Crippen LogP contribution >= 0.6 is 39.1 Å². The highest BCUT2D eigenvalue weighted by Crippen LogP contribution is 2.26. The van der Waals surface area contributed by atoms with Crippen molar-refractivity contribution in [3.63, 3.8) is 0 Å². The lowest BCUT2D eigenvalue weighted by molar-refractivity contribution is 0.0475. The van der Waals surface area contributed by atoms with E-state index in [9.17, 15) is 9.59 Å². The van der Waals surface area contributed by atoms with Gasteiger partial charge in [-0.3, -0.25) is 4.79 Å². The molecule has 2 aromatic carbocycles. The summed E-state index contributed by atoms with van der Waals surface area (Å²) >= 11 is 15.0. The maximum atomic E-state index is 12.1. The van der Waals surface area contributed by atoms with E-state index in [2.05, 4.69) is 15.9 Å². The van der Waals surface area contributed by atoms with Crippen LogP contribution in [0.4, 0.5) is 0 Å². The van der Waals surface area contributed by atoms with E-state index in [0.717, 1.165) is 0 Å². The fourth-order valence-electron chi connectivity index (χ4n) is 1.79. The molecule has 0 bridgehead atoms. The zero-order valence-corrected chi connectivity index (χ0v) is 15.0. The molecule has 0 aliphatic heterocycles. The number of carbonyl (C=O) groups is 2. The summed E-state index contributed by atoms with van der Waals surface area (Å²) in [5.41, 5.74) is 0.505. The smallest absolute Gasteiger partial charge is 0.340 e. The molecular formula is C16H11BrCl2O4. The Balaban J connectivity index is 2.05. The molecule has 0 unspecified atom stereocenters. The molecule has 0 aromatic heterocycles. The summed E-state index contributed by atoms with van der Waals surface area (Å²) in [5, 5.41) is 0.561. The lowest BCUT2D eigenvalue weighted by Gasteiger charge is -2.08. The number of ketones is 1. The lowest BCUT2D eigenvalue weighted by atomic mass is 10.1. The first-order valence-electron chi connectivity index (χ1n) is 6.41. The second-order valence-electron chi connectivity index (χ2n) is 4.47.